The van der Waals surface area contributed by atoms with E-state index in [4.69, 9.17) is 32.7 Å². The predicted molar refractivity (Wildman–Crippen MR) is 146 cm³/mol. The first-order chi connectivity index (χ1) is 17.9. The fourth-order valence-electron chi connectivity index (χ4n) is 3.77. The summed E-state index contributed by atoms with van der Waals surface area (Å²) in [5.74, 6) is 0.946. The number of halogens is 2. The van der Waals surface area contributed by atoms with Gasteiger partial charge in [0.15, 0.2) is 16.8 Å². The molecular weight excluding hydrogens is 535 g/mol. The van der Waals surface area contributed by atoms with E-state index in [2.05, 4.69) is 9.71 Å². The molecule has 0 saturated heterocycles. The summed E-state index contributed by atoms with van der Waals surface area (Å²) in [4.78, 5) is 24.9. The number of fused-ring (bicyclic) bond motifs is 1. The maximum absolute atomic E-state index is 13.2. The molecular formula is C27H24Cl2N2O5S. The van der Waals surface area contributed by atoms with Gasteiger partial charge in [0.2, 0.25) is 5.91 Å². The summed E-state index contributed by atoms with van der Waals surface area (Å²) in [6.07, 6.45) is 3.88. The number of ketones is 1. The van der Waals surface area contributed by atoms with Gasteiger partial charge in [-0.15, -0.1) is 0 Å². The highest BCUT2D eigenvalue weighted by molar-refractivity contribution is 7.84. The van der Waals surface area contributed by atoms with E-state index in [1.54, 1.807) is 30.5 Å². The minimum Gasteiger partial charge on any atom is -0.497 e. The summed E-state index contributed by atoms with van der Waals surface area (Å²) < 4.78 is 28.0. The Hall–Kier alpha value is -3.20. The molecule has 0 aromatic heterocycles. The lowest BCUT2D eigenvalue weighted by Crippen LogP contribution is -2.18. The van der Waals surface area contributed by atoms with Gasteiger partial charge < -0.3 is 14.8 Å². The highest BCUT2D eigenvalue weighted by atomic mass is 35.5. The Morgan fingerprint density at radius 3 is 2.59 bits per heavy atom. The van der Waals surface area contributed by atoms with Crippen LogP contribution in [-0.2, 0) is 22.2 Å². The molecule has 0 aliphatic carbocycles. The molecule has 1 atom stereocenters. The Morgan fingerprint density at radius 2 is 1.84 bits per heavy atom. The molecule has 7 nitrogen and oxygen atoms in total. The van der Waals surface area contributed by atoms with Crippen molar-refractivity contribution in [2.45, 2.75) is 30.6 Å². The lowest BCUT2D eigenvalue weighted by Gasteiger charge is -2.17. The van der Waals surface area contributed by atoms with Crippen LogP contribution >= 0.6 is 23.2 Å². The largest absolute Gasteiger partial charge is 0.497 e. The number of hydrogen-bond acceptors (Lipinski definition) is 5. The molecule has 1 N–H and O–H groups in total. The van der Waals surface area contributed by atoms with Crippen molar-refractivity contribution < 1.29 is 23.3 Å². The molecule has 1 amide bonds. The Bertz CT molecular complexity index is 1380. The second kappa shape index (κ2) is 12.4. The van der Waals surface area contributed by atoms with Crippen molar-refractivity contribution in [1.82, 2.24) is 0 Å². The summed E-state index contributed by atoms with van der Waals surface area (Å²) in [5, 5.41) is 3.06. The van der Waals surface area contributed by atoms with Crippen molar-refractivity contribution >= 4 is 57.8 Å². The summed E-state index contributed by atoms with van der Waals surface area (Å²) in [6, 6.07) is 15.1. The van der Waals surface area contributed by atoms with Gasteiger partial charge in [-0.3, -0.25) is 9.59 Å². The zero-order valence-corrected chi connectivity index (χ0v) is 22.3. The molecule has 0 radical (unpaired) electrons. The number of nitrogens with one attached hydrogen (secondary N) is 1. The van der Waals surface area contributed by atoms with Crippen LogP contribution in [0.5, 0.6) is 11.5 Å². The van der Waals surface area contributed by atoms with Crippen LogP contribution in [0.4, 0.5) is 5.69 Å². The van der Waals surface area contributed by atoms with Gasteiger partial charge in [-0.1, -0.05) is 23.2 Å². The van der Waals surface area contributed by atoms with Gasteiger partial charge in [0, 0.05) is 23.9 Å². The summed E-state index contributed by atoms with van der Waals surface area (Å²) >= 11 is 12.5. The topological polar surface area (TPSA) is 94.1 Å². The molecule has 192 valence electrons. The molecule has 37 heavy (non-hydrogen) atoms. The van der Waals surface area contributed by atoms with Crippen molar-refractivity contribution in [2.24, 2.45) is 4.40 Å². The Morgan fingerprint density at radius 1 is 1.08 bits per heavy atom. The Kier molecular flexibility index (Phi) is 8.97. The first kappa shape index (κ1) is 26.9. The quantitative estimate of drug-likeness (QED) is 0.185. The van der Waals surface area contributed by atoms with Gasteiger partial charge >= 0.3 is 0 Å². The molecule has 1 aliphatic rings. The summed E-state index contributed by atoms with van der Waals surface area (Å²) in [6.45, 7) is 0.442. The van der Waals surface area contributed by atoms with E-state index in [9.17, 15) is 13.8 Å². The molecule has 0 saturated carbocycles. The second-order valence-corrected chi connectivity index (χ2v) is 10.1. The number of rotatable bonds is 10. The zero-order chi connectivity index (χ0) is 26.4. The Balaban J connectivity index is 1.36. The number of unbranched alkanes of at least 4 members (excludes halogenated alkanes) is 1. The second-order valence-electron chi connectivity index (χ2n) is 8.19. The van der Waals surface area contributed by atoms with Gasteiger partial charge in [-0.25, -0.2) is 4.21 Å². The Labute approximate surface area is 227 Å². The number of methoxy groups -OCH3 is 1. The van der Waals surface area contributed by atoms with Crippen LogP contribution in [-0.4, -0.2) is 35.8 Å². The van der Waals surface area contributed by atoms with E-state index >= 15 is 0 Å². The molecule has 10 heteroatoms. The minimum absolute atomic E-state index is 0.0240. The SMILES string of the molecule is COc1ccc(C(=O)c2c(S(=O)/N=C/CCCOc3ccc4c(c3)CCC(=O)N4)ccc(Cl)c2Cl)cc1. The van der Waals surface area contributed by atoms with Crippen molar-refractivity contribution in [2.75, 3.05) is 19.0 Å². The number of aryl methyl sites for hydroxylation is 1. The standard InChI is InChI=1S/C27H24Cl2N2O5S/c1-35-19-7-4-17(5-8-19)27(33)25-23(12-10-21(28)26(25)29)37(34)30-14-2-3-15-36-20-9-11-22-18(16-20)6-13-24(32)31-22/h4-5,7-12,14,16H,2-3,6,13,15H2,1H3,(H,31,32)/b30-14+. The average molecular weight is 559 g/mol. The first-order valence-corrected chi connectivity index (χ1v) is 13.4. The third-order valence-electron chi connectivity index (χ3n) is 5.71. The van der Waals surface area contributed by atoms with Gasteiger partial charge in [0.1, 0.15) is 11.5 Å². The maximum atomic E-state index is 13.2. The molecule has 4 rings (SSSR count). The molecule has 3 aromatic rings. The third kappa shape index (κ3) is 6.57. The zero-order valence-electron chi connectivity index (χ0n) is 20.0. The molecule has 1 heterocycles. The van der Waals surface area contributed by atoms with Crippen LogP contribution < -0.4 is 14.8 Å². The van der Waals surface area contributed by atoms with Crippen LogP contribution in [0.15, 0.2) is 63.9 Å². The number of ether oxygens (including phenoxy) is 2. The average Bonchev–Trinajstić information content (AvgIpc) is 2.91. The molecule has 1 unspecified atom stereocenters. The number of amides is 1. The van der Waals surface area contributed by atoms with Crippen molar-refractivity contribution in [1.29, 1.82) is 0 Å². The molecule has 3 aromatic carbocycles. The fraction of sp³-hybridized carbons (Fsp3) is 0.222. The minimum atomic E-state index is -1.85. The number of anilines is 1. The summed E-state index contributed by atoms with van der Waals surface area (Å²) in [7, 11) is -0.321. The summed E-state index contributed by atoms with van der Waals surface area (Å²) in [5.41, 5.74) is 2.29. The third-order valence-corrected chi connectivity index (χ3v) is 7.57. The van der Waals surface area contributed by atoms with Crippen molar-refractivity contribution in [3.8, 4) is 11.5 Å². The number of nitrogens with zero attached hydrogens (tertiary/aromatic N) is 1. The lowest BCUT2D eigenvalue weighted by molar-refractivity contribution is -0.116. The van der Waals surface area contributed by atoms with Crippen LogP contribution in [0, 0.1) is 0 Å². The number of benzene rings is 3. The lowest BCUT2D eigenvalue weighted by atomic mass is 10.0. The van der Waals surface area contributed by atoms with Crippen molar-refractivity contribution in [3.63, 3.8) is 0 Å². The van der Waals surface area contributed by atoms with E-state index < -0.39 is 16.8 Å². The predicted octanol–water partition coefficient (Wildman–Crippen LogP) is 6.07. The highest BCUT2D eigenvalue weighted by Gasteiger charge is 2.23. The van der Waals surface area contributed by atoms with E-state index in [0.29, 0.717) is 43.6 Å². The number of hydrogen-bond donors (Lipinski definition) is 1. The fourth-order valence-corrected chi connectivity index (χ4v) is 5.14. The van der Waals surface area contributed by atoms with E-state index in [1.807, 2.05) is 18.2 Å². The van der Waals surface area contributed by atoms with E-state index in [-0.39, 0.29) is 26.4 Å². The molecule has 0 spiro atoms. The molecule has 0 fully saturated rings. The number of carbonyl (C=O) groups is 2. The van der Waals surface area contributed by atoms with Crippen LogP contribution in [0.25, 0.3) is 0 Å². The van der Waals surface area contributed by atoms with E-state index in [0.717, 1.165) is 17.0 Å². The van der Waals surface area contributed by atoms with Crippen LogP contribution in [0.2, 0.25) is 10.0 Å². The van der Waals surface area contributed by atoms with Gasteiger partial charge in [-0.2, -0.15) is 4.40 Å². The number of carbonyl (C=O) groups excluding carboxylic acids is 2. The van der Waals surface area contributed by atoms with Crippen molar-refractivity contribution in [3.05, 3.63) is 81.3 Å². The van der Waals surface area contributed by atoms with Gasteiger partial charge in [-0.05, 0) is 79.4 Å². The monoisotopic (exact) mass is 558 g/mol. The normalized spacial score (nSPS) is 13.6. The highest BCUT2D eigenvalue weighted by Crippen LogP contribution is 2.33. The van der Waals surface area contributed by atoms with Gasteiger partial charge in [0.25, 0.3) is 0 Å². The first-order valence-electron chi connectivity index (χ1n) is 11.5. The van der Waals surface area contributed by atoms with Crippen LogP contribution in [0.1, 0.15) is 40.7 Å². The molecule has 1 aliphatic heterocycles. The van der Waals surface area contributed by atoms with E-state index in [1.165, 1.54) is 19.2 Å². The smallest absolute Gasteiger partial charge is 0.224 e. The van der Waals surface area contributed by atoms with Gasteiger partial charge in [0.05, 0.1) is 34.2 Å². The van der Waals surface area contributed by atoms with Crippen LogP contribution in [0.3, 0.4) is 0 Å². The maximum Gasteiger partial charge on any atom is 0.224 e. The molecule has 0 bridgehead atoms.